The van der Waals surface area contributed by atoms with Gasteiger partial charge in [0.15, 0.2) is 0 Å². The van der Waals surface area contributed by atoms with E-state index in [4.69, 9.17) is 10.5 Å². The van der Waals surface area contributed by atoms with Crippen molar-refractivity contribution in [1.82, 2.24) is 14.8 Å². The summed E-state index contributed by atoms with van der Waals surface area (Å²) in [5.74, 6) is -0.00696. The minimum atomic E-state index is -0.516. The van der Waals surface area contributed by atoms with E-state index in [1.807, 2.05) is 23.1 Å². The van der Waals surface area contributed by atoms with Crippen molar-refractivity contribution in [3.8, 4) is 0 Å². The molecule has 2 heterocycles. The fourth-order valence-electron chi connectivity index (χ4n) is 2.35. The molecule has 110 valence electrons. The summed E-state index contributed by atoms with van der Waals surface area (Å²) in [5, 5.41) is 0. The van der Waals surface area contributed by atoms with Crippen molar-refractivity contribution < 1.29 is 9.53 Å². The van der Waals surface area contributed by atoms with Crippen molar-refractivity contribution in [3.63, 3.8) is 0 Å². The lowest BCUT2D eigenvalue weighted by Gasteiger charge is -2.35. The Morgan fingerprint density at radius 1 is 1.40 bits per heavy atom. The van der Waals surface area contributed by atoms with Crippen molar-refractivity contribution >= 4 is 5.91 Å². The number of rotatable bonds is 5. The van der Waals surface area contributed by atoms with Crippen LogP contribution in [0.1, 0.15) is 5.69 Å². The quantitative estimate of drug-likeness (QED) is 0.800. The van der Waals surface area contributed by atoms with Crippen molar-refractivity contribution in [1.29, 1.82) is 0 Å². The highest BCUT2D eigenvalue weighted by Crippen LogP contribution is 2.08. The molecule has 0 aliphatic carbocycles. The van der Waals surface area contributed by atoms with Crippen LogP contribution in [0.2, 0.25) is 0 Å². The van der Waals surface area contributed by atoms with Crippen LogP contribution in [-0.4, -0.2) is 66.6 Å². The van der Waals surface area contributed by atoms with Crippen LogP contribution in [0.25, 0.3) is 0 Å². The molecule has 1 aromatic rings. The average Bonchev–Trinajstić information content (AvgIpc) is 2.50. The number of hydrogen-bond acceptors (Lipinski definition) is 5. The highest BCUT2D eigenvalue weighted by Gasteiger charge is 2.26. The van der Waals surface area contributed by atoms with Gasteiger partial charge in [0, 0.05) is 52.6 Å². The number of nitrogens with two attached hydrogens (primary N) is 1. The van der Waals surface area contributed by atoms with Crippen LogP contribution in [-0.2, 0) is 16.1 Å². The Labute approximate surface area is 119 Å². The van der Waals surface area contributed by atoms with E-state index in [1.165, 1.54) is 7.11 Å². The molecule has 0 spiro atoms. The summed E-state index contributed by atoms with van der Waals surface area (Å²) >= 11 is 0. The molecule has 6 heteroatoms. The summed E-state index contributed by atoms with van der Waals surface area (Å²) in [7, 11) is 1.52. The van der Waals surface area contributed by atoms with Gasteiger partial charge in [0.05, 0.1) is 5.69 Å². The van der Waals surface area contributed by atoms with E-state index in [-0.39, 0.29) is 12.5 Å². The zero-order valence-corrected chi connectivity index (χ0v) is 11.9. The van der Waals surface area contributed by atoms with Crippen LogP contribution in [0.15, 0.2) is 24.4 Å². The van der Waals surface area contributed by atoms with Gasteiger partial charge in [0.25, 0.3) is 5.91 Å². The fourth-order valence-corrected chi connectivity index (χ4v) is 2.35. The SMILES string of the molecule is COC(CN)C(=O)N1CCN(Cc2ccccn2)CC1. The van der Waals surface area contributed by atoms with E-state index in [2.05, 4.69) is 9.88 Å². The molecule has 2 N–H and O–H groups in total. The summed E-state index contributed by atoms with van der Waals surface area (Å²) in [4.78, 5) is 20.6. The molecule has 1 saturated heterocycles. The van der Waals surface area contributed by atoms with Crippen LogP contribution in [0.3, 0.4) is 0 Å². The van der Waals surface area contributed by atoms with Gasteiger partial charge in [-0.15, -0.1) is 0 Å². The summed E-state index contributed by atoms with van der Waals surface area (Å²) in [5.41, 5.74) is 6.59. The summed E-state index contributed by atoms with van der Waals surface area (Å²) < 4.78 is 5.10. The van der Waals surface area contributed by atoms with E-state index < -0.39 is 6.10 Å². The van der Waals surface area contributed by atoms with Crippen LogP contribution >= 0.6 is 0 Å². The Morgan fingerprint density at radius 3 is 2.70 bits per heavy atom. The van der Waals surface area contributed by atoms with E-state index in [0.717, 1.165) is 25.3 Å². The maximum absolute atomic E-state index is 12.1. The number of amides is 1. The maximum Gasteiger partial charge on any atom is 0.253 e. The predicted octanol–water partition coefficient (Wildman–Crippen LogP) is -0.300. The molecule has 1 aliphatic heterocycles. The van der Waals surface area contributed by atoms with Crippen molar-refractivity contribution in [2.75, 3.05) is 39.8 Å². The molecule has 1 atom stereocenters. The molecule has 1 amide bonds. The Balaban J connectivity index is 1.82. The molecule has 1 aliphatic rings. The van der Waals surface area contributed by atoms with E-state index >= 15 is 0 Å². The smallest absolute Gasteiger partial charge is 0.253 e. The molecule has 0 aromatic carbocycles. The Hall–Kier alpha value is -1.50. The van der Waals surface area contributed by atoms with Gasteiger partial charge < -0.3 is 15.4 Å². The Morgan fingerprint density at radius 2 is 2.15 bits per heavy atom. The molecule has 0 bridgehead atoms. The first-order chi connectivity index (χ1) is 9.74. The van der Waals surface area contributed by atoms with Gasteiger partial charge in [0.1, 0.15) is 6.10 Å². The van der Waals surface area contributed by atoms with Gasteiger partial charge in [0.2, 0.25) is 0 Å². The highest BCUT2D eigenvalue weighted by molar-refractivity contribution is 5.81. The third-order valence-electron chi connectivity index (χ3n) is 3.57. The molecule has 1 aromatic heterocycles. The zero-order chi connectivity index (χ0) is 14.4. The van der Waals surface area contributed by atoms with E-state index in [0.29, 0.717) is 13.1 Å². The first-order valence-corrected chi connectivity index (χ1v) is 6.88. The topological polar surface area (TPSA) is 71.7 Å². The van der Waals surface area contributed by atoms with Crippen LogP contribution in [0.5, 0.6) is 0 Å². The summed E-state index contributed by atoms with van der Waals surface area (Å²) in [6.07, 6.45) is 1.29. The second kappa shape index (κ2) is 7.33. The maximum atomic E-state index is 12.1. The number of methoxy groups -OCH3 is 1. The van der Waals surface area contributed by atoms with Gasteiger partial charge in [-0.05, 0) is 12.1 Å². The minimum Gasteiger partial charge on any atom is -0.370 e. The van der Waals surface area contributed by atoms with Crippen molar-refractivity contribution in [3.05, 3.63) is 30.1 Å². The lowest BCUT2D eigenvalue weighted by molar-refractivity contribution is -0.143. The molecule has 0 radical (unpaired) electrons. The van der Waals surface area contributed by atoms with Crippen LogP contribution in [0.4, 0.5) is 0 Å². The number of ether oxygens (including phenoxy) is 1. The molecule has 1 fully saturated rings. The minimum absolute atomic E-state index is 0.00696. The predicted molar refractivity (Wildman–Crippen MR) is 75.9 cm³/mol. The number of nitrogens with zero attached hydrogens (tertiary/aromatic N) is 3. The summed E-state index contributed by atoms with van der Waals surface area (Å²) in [6.45, 7) is 4.18. The van der Waals surface area contributed by atoms with Crippen molar-refractivity contribution in [2.24, 2.45) is 5.73 Å². The number of carbonyl (C=O) groups is 1. The third kappa shape index (κ3) is 3.75. The van der Waals surface area contributed by atoms with Gasteiger partial charge in [-0.3, -0.25) is 14.7 Å². The summed E-state index contributed by atoms with van der Waals surface area (Å²) in [6, 6.07) is 5.93. The highest BCUT2D eigenvalue weighted by atomic mass is 16.5. The molecule has 2 rings (SSSR count). The first-order valence-electron chi connectivity index (χ1n) is 6.88. The molecule has 20 heavy (non-hydrogen) atoms. The third-order valence-corrected chi connectivity index (χ3v) is 3.57. The molecule has 0 saturated carbocycles. The first kappa shape index (κ1) is 14.9. The van der Waals surface area contributed by atoms with Crippen LogP contribution in [0, 0.1) is 0 Å². The van der Waals surface area contributed by atoms with Crippen molar-refractivity contribution in [2.45, 2.75) is 12.6 Å². The van der Waals surface area contributed by atoms with E-state index in [9.17, 15) is 4.79 Å². The number of carbonyl (C=O) groups excluding carboxylic acids is 1. The Bertz CT molecular complexity index is 414. The standard InChI is InChI=1S/C14H22N4O2/c1-20-13(10-15)14(19)18-8-6-17(7-9-18)11-12-4-2-3-5-16-12/h2-5,13H,6-11,15H2,1H3. The normalized spacial score (nSPS) is 18.0. The van der Waals surface area contributed by atoms with Gasteiger partial charge in [-0.1, -0.05) is 6.07 Å². The second-order valence-electron chi connectivity index (χ2n) is 4.88. The van der Waals surface area contributed by atoms with Gasteiger partial charge in [-0.25, -0.2) is 0 Å². The largest absolute Gasteiger partial charge is 0.370 e. The average molecular weight is 278 g/mol. The molecule has 6 nitrogen and oxygen atoms in total. The lowest BCUT2D eigenvalue weighted by atomic mass is 10.2. The fraction of sp³-hybridized carbons (Fsp3) is 0.571. The van der Waals surface area contributed by atoms with E-state index in [1.54, 1.807) is 6.20 Å². The lowest BCUT2D eigenvalue weighted by Crippen LogP contribution is -2.52. The van der Waals surface area contributed by atoms with Gasteiger partial charge >= 0.3 is 0 Å². The molecular weight excluding hydrogens is 256 g/mol. The van der Waals surface area contributed by atoms with Gasteiger partial charge in [-0.2, -0.15) is 0 Å². The molecule has 1 unspecified atom stereocenters. The number of pyridine rings is 1. The Kier molecular flexibility index (Phi) is 5.46. The molecular formula is C14H22N4O2. The number of piperazine rings is 1. The second-order valence-corrected chi connectivity index (χ2v) is 4.88. The number of aromatic nitrogens is 1. The van der Waals surface area contributed by atoms with Crippen LogP contribution < -0.4 is 5.73 Å². The zero-order valence-electron chi connectivity index (χ0n) is 11.9. The number of hydrogen-bond donors (Lipinski definition) is 1. The monoisotopic (exact) mass is 278 g/mol.